The van der Waals surface area contributed by atoms with Crippen LogP contribution < -0.4 is 9.60 Å². The van der Waals surface area contributed by atoms with E-state index in [9.17, 15) is 4.79 Å². The third-order valence-corrected chi connectivity index (χ3v) is 13.2. The van der Waals surface area contributed by atoms with E-state index in [1.807, 2.05) is 48.5 Å². The van der Waals surface area contributed by atoms with Gasteiger partial charge in [-0.1, -0.05) is 194 Å². The number of carbonyl (C=O) groups excluding carboxylic acids is 1. The lowest BCUT2D eigenvalue weighted by Crippen LogP contribution is -2.18. The number of thiazole rings is 2. The minimum atomic E-state index is -0.183. The monoisotopic (exact) mass is 866 g/mol. The third-order valence-electron chi connectivity index (χ3n) is 11.4. The summed E-state index contributed by atoms with van der Waals surface area (Å²) in [6, 6.07) is 32.9. The molecule has 2 heterocycles. The van der Waals surface area contributed by atoms with E-state index in [0.717, 1.165) is 46.1 Å². The lowest BCUT2D eigenvalue weighted by atomic mass is 10.0. The zero-order chi connectivity index (χ0) is 44.1. The molecule has 328 valence electrons. The van der Waals surface area contributed by atoms with Crippen LogP contribution in [0, 0.1) is 27.7 Å². The second-order valence-corrected chi connectivity index (χ2v) is 18.4. The van der Waals surface area contributed by atoms with Crippen LogP contribution in [0.25, 0.3) is 28.2 Å². The number of rotatable bonds is 21. The molecule has 0 bridgehead atoms. The van der Waals surface area contributed by atoms with Crippen LogP contribution in [0.15, 0.2) is 124 Å². The largest absolute Gasteiger partial charge is 0.316 e. The molecule has 62 heavy (non-hydrogen) atoms. The molecule has 0 N–H and O–H groups in total. The van der Waals surface area contributed by atoms with Gasteiger partial charge in [-0.15, -0.1) is 22.7 Å². The SMILES string of the molecule is C=C(N=c1scc(-c2ccc(C)cc2C)n1CCCCCCCCCCCC)c1ccccc1.CCCCCCn1c(-c2ccc(C)cc2C)csc1=NC(=O)c1ccccc1. The summed E-state index contributed by atoms with van der Waals surface area (Å²) in [5.74, 6) is -0.183. The van der Waals surface area contributed by atoms with Crippen molar-refractivity contribution in [2.24, 2.45) is 9.98 Å². The van der Waals surface area contributed by atoms with Crippen LogP contribution in [-0.2, 0) is 13.1 Å². The van der Waals surface area contributed by atoms with E-state index in [0.29, 0.717) is 5.56 Å². The van der Waals surface area contributed by atoms with Gasteiger partial charge in [-0.25, -0.2) is 4.99 Å². The maximum atomic E-state index is 12.6. The normalized spacial score (nSPS) is 11.8. The van der Waals surface area contributed by atoms with E-state index in [4.69, 9.17) is 4.99 Å². The first-order valence-corrected chi connectivity index (χ1v) is 24.9. The number of unbranched alkanes of at least 4 members (excludes halogenated alkanes) is 12. The highest BCUT2D eigenvalue weighted by Gasteiger charge is 2.14. The van der Waals surface area contributed by atoms with Crippen molar-refractivity contribution in [3.63, 3.8) is 0 Å². The Balaban J connectivity index is 0.000000238. The quantitative estimate of drug-likeness (QED) is 0.0665. The fourth-order valence-electron chi connectivity index (χ4n) is 7.90. The lowest BCUT2D eigenvalue weighted by Gasteiger charge is -2.12. The van der Waals surface area contributed by atoms with Crippen molar-refractivity contribution >= 4 is 34.3 Å². The molecule has 0 aliphatic carbocycles. The Bertz CT molecular complexity index is 2430. The molecule has 0 atom stereocenters. The van der Waals surface area contributed by atoms with Gasteiger partial charge in [-0.2, -0.15) is 4.99 Å². The smallest absolute Gasteiger partial charge is 0.279 e. The van der Waals surface area contributed by atoms with E-state index >= 15 is 0 Å². The number of benzene rings is 4. The standard InChI is InChI=1S/C31H42N2S.C24H28N2OS/c1-5-6-7-8-9-10-11-12-13-17-22-33-30(29-21-20-25(2)23-26(29)3)24-34-31(33)32-27(4)28-18-15-14-16-19-28;1-4-5-6-10-15-26-22(21-14-13-18(2)16-19(21)3)17-28-24(26)25-23(27)20-11-8-7-9-12-20/h14-16,18-21,23-24H,4-13,17,22H2,1-3H3;7-9,11-14,16-17H,4-6,10,15H2,1-3H3. The number of aromatic nitrogens is 2. The van der Waals surface area contributed by atoms with E-state index in [2.05, 4.69) is 122 Å². The van der Waals surface area contributed by atoms with Gasteiger partial charge in [0.25, 0.3) is 5.91 Å². The van der Waals surface area contributed by atoms with Gasteiger partial charge in [0.2, 0.25) is 0 Å². The Labute approximate surface area is 380 Å². The molecule has 5 nitrogen and oxygen atoms in total. The van der Waals surface area contributed by atoms with Crippen molar-refractivity contribution in [2.45, 2.75) is 145 Å². The maximum absolute atomic E-state index is 12.6. The van der Waals surface area contributed by atoms with Crippen molar-refractivity contribution < 1.29 is 4.79 Å². The van der Waals surface area contributed by atoms with Crippen LogP contribution >= 0.6 is 22.7 Å². The maximum Gasteiger partial charge on any atom is 0.279 e. The minimum Gasteiger partial charge on any atom is -0.316 e. The summed E-state index contributed by atoms with van der Waals surface area (Å²) in [4.78, 5) is 23.9. The highest BCUT2D eigenvalue weighted by molar-refractivity contribution is 7.07. The molecule has 1 amide bonds. The molecule has 4 aromatic carbocycles. The molecule has 0 spiro atoms. The van der Waals surface area contributed by atoms with Gasteiger partial charge < -0.3 is 9.13 Å². The van der Waals surface area contributed by atoms with Gasteiger partial charge in [0.15, 0.2) is 9.60 Å². The summed E-state index contributed by atoms with van der Waals surface area (Å²) < 4.78 is 4.64. The predicted octanol–water partition coefficient (Wildman–Crippen LogP) is 15.5. The predicted molar refractivity (Wildman–Crippen MR) is 268 cm³/mol. The van der Waals surface area contributed by atoms with E-state index < -0.39 is 0 Å². The number of carbonyl (C=O) groups is 1. The first-order valence-electron chi connectivity index (χ1n) is 23.1. The molecule has 7 heteroatoms. The fraction of sp³-hybridized carbons (Fsp3) is 0.400. The average molecular weight is 867 g/mol. The summed E-state index contributed by atoms with van der Waals surface area (Å²) >= 11 is 3.27. The third kappa shape index (κ3) is 14.6. The van der Waals surface area contributed by atoms with Crippen molar-refractivity contribution in [1.82, 2.24) is 9.13 Å². The summed E-state index contributed by atoms with van der Waals surface area (Å²) in [5.41, 5.74) is 12.6. The molecule has 0 saturated heterocycles. The van der Waals surface area contributed by atoms with Gasteiger partial charge in [-0.3, -0.25) is 4.79 Å². The topological polar surface area (TPSA) is 51.6 Å². The zero-order valence-electron chi connectivity index (χ0n) is 38.4. The zero-order valence-corrected chi connectivity index (χ0v) is 40.1. The van der Waals surface area contributed by atoms with Crippen LogP contribution in [0.3, 0.4) is 0 Å². The second-order valence-electron chi connectivity index (χ2n) is 16.7. The Hall–Kier alpha value is -4.85. The average Bonchev–Trinajstić information content (AvgIpc) is 3.86. The molecular formula is C55H70N4OS2. The number of amides is 1. The first-order chi connectivity index (χ1) is 30.2. The van der Waals surface area contributed by atoms with E-state index in [-0.39, 0.29) is 5.91 Å². The number of nitrogens with zero attached hydrogens (tertiary/aromatic N) is 4. The lowest BCUT2D eigenvalue weighted by molar-refractivity contribution is 0.0997. The van der Waals surface area contributed by atoms with Gasteiger partial charge in [-0.05, 0) is 69.4 Å². The Kier molecular flexibility index (Phi) is 20.2. The summed E-state index contributed by atoms with van der Waals surface area (Å²) in [5, 5.41) is 4.40. The Morgan fingerprint density at radius 2 is 0.919 bits per heavy atom. The summed E-state index contributed by atoms with van der Waals surface area (Å²) in [7, 11) is 0. The Morgan fingerprint density at radius 1 is 0.516 bits per heavy atom. The first kappa shape index (κ1) is 48.2. The molecule has 0 unspecified atom stereocenters. The Morgan fingerprint density at radius 3 is 1.37 bits per heavy atom. The molecule has 0 fully saturated rings. The number of hydrogen-bond acceptors (Lipinski definition) is 4. The summed E-state index contributed by atoms with van der Waals surface area (Å²) in [6.07, 6.45) is 18.2. The van der Waals surface area contributed by atoms with Crippen molar-refractivity contribution in [1.29, 1.82) is 0 Å². The van der Waals surface area contributed by atoms with E-state index in [1.54, 1.807) is 22.7 Å². The van der Waals surface area contributed by atoms with Crippen molar-refractivity contribution in [3.05, 3.63) is 157 Å². The number of aryl methyl sites for hydroxylation is 4. The molecule has 0 saturated carbocycles. The van der Waals surface area contributed by atoms with Crippen LogP contribution in [0.4, 0.5) is 0 Å². The van der Waals surface area contributed by atoms with Gasteiger partial charge in [0.05, 0.1) is 17.1 Å². The van der Waals surface area contributed by atoms with Crippen LogP contribution in [0.2, 0.25) is 0 Å². The van der Waals surface area contributed by atoms with Gasteiger partial charge in [0, 0.05) is 40.5 Å². The highest BCUT2D eigenvalue weighted by Crippen LogP contribution is 2.27. The molecule has 0 radical (unpaired) electrons. The molecule has 0 aliphatic heterocycles. The van der Waals surface area contributed by atoms with Gasteiger partial charge >= 0.3 is 0 Å². The highest BCUT2D eigenvalue weighted by atomic mass is 32.1. The van der Waals surface area contributed by atoms with E-state index in [1.165, 1.54) is 123 Å². The minimum absolute atomic E-state index is 0.183. The van der Waals surface area contributed by atoms with Crippen molar-refractivity contribution in [2.75, 3.05) is 0 Å². The summed E-state index contributed by atoms with van der Waals surface area (Å²) in [6.45, 7) is 19.3. The number of hydrogen-bond donors (Lipinski definition) is 0. The van der Waals surface area contributed by atoms with Crippen LogP contribution in [-0.4, -0.2) is 15.0 Å². The fourth-order valence-corrected chi connectivity index (χ4v) is 9.77. The molecule has 6 rings (SSSR count). The van der Waals surface area contributed by atoms with Crippen LogP contribution in [0.5, 0.6) is 0 Å². The molecule has 0 aliphatic rings. The molecule has 6 aromatic rings. The van der Waals surface area contributed by atoms with Gasteiger partial charge in [0.1, 0.15) is 0 Å². The van der Waals surface area contributed by atoms with Crippen molar-refractivity contribution in [3.8, 4) is 22.5 Å². The second kappa shape index (κ2) is 25.9. The molecule has 2 aromatic heterocycles. The molecular weight excluding hydrogens is 797 g/mol. The van der Waals surface area contributed by atoms with Crippen LogP contribution in [0.1, 0.15) is 142 Å².